The smallest absolute Gasteiger partial charge is 0.0749 e. The zero-order chi connectivity index (χ0) is 21.8. The Morgan fingerprint density at radius 3 is 1.20 bits per heavy atom. The Labute approximate surface area is 198 Å². The predicted molar refractivity (Wildman–Crippen MR) is 131 cm³/mol. The largest absolute Gasteiger partial charge is 0.385 e. The summed E-state index contributed by atoms with van der Waals surface area (Å²) in [5, 5.41) is 0. The molecule has 0 N–H and O–H groups in total. The molecule has 30 heavy (non-hydrogen) atoms. The van der Waals surface area contributed by atoms with Crippen molar-refractivity contribution in [3.05, 3.63) is 18.1 Å². The van der Waals surface area contributed by atoms with Crippen LogP contribution in [0.25, 0.3) is 0 Å². The molecule has 3 rings (SSSR count). The molecule has 2 aliphatic heterocycles. The highest BCUT2D eigenvalue weighted by Crippen LogP contribution is 2.68. The first-order valence-electron chi connectivity index (χ1n) is 10.2. The summed E-state index contributed by atoms with van der Waals surface area (Å²) in [7, 11) is 7.11. The highest BCUT2D eigenvalue weighted by Gasteiger charge is 2.46. The summed E-state index contributed by atoms with van der Waals surface area (Å²) in [6, 6.07) is 0. The van der Waals surface area contributed by atoms with Gasteiger partial charge in [-0.05, 0) is 50.7 Å². The molecule has 0 spiro atoms. The third-order valence-electron chi connectivity index (χ3n) is 5.54. The number of hydrogen-bond donors (Lipinski definition) is 0. The maximum absolute atomic E-state index is 5.44. The lowest BCUT2D eigenvalue weighted by atomic mass is 10.1. The van der Waals surface area contributed by atoms with E-state index in [9.17, 15) is 0 Å². The first-order chi connectivity index (χ1) is 14.4. The monoisotopic (exact) mass is 489 g/mol. The molecular weight excluding hydrogens is 457 g/mol. The van der Waals surface area contributed by atoms with Crippen LogP contribution in [-0.4, -0.2) is 63.0 Å². The number of hydrogen-bond acceptors (Lipinski definition) is 8. The van der Waals surface area contributed by atoms with E-state index in [1.54, 1.807) is 28.4 Å². The van der Waals surface area contributed by atoms with Gasteiger partial charge in [0.1, 0.15) is 0 Å². The topological polar surface area (TPSA) is 36.9 Å². The highest BCUT2D eigenvalue weighted by molar-refractivity contribution is 8.21. The van der Waals surface area contributed by atoms with Crippen LogP contribution in [0.3, 0.4) is 0 Å². The minimum atomic E-state index is 0.0547. The first kappa shape index (κ1) is 25.1. The van der Waals surface area contributed by atoms with Gasteiger partial charge in [0.15, 0.2) is 0 Å². The van der Waals surface area contributed by atoms with E-state index >= 15 is 0 Å². The van der Waals surface area contributed by atoms with Crippen molar-refractivity contribution >= 4 is 47.0 Å². The van der Waals surface area contributed by atoms with E-state index in [0.717, 1.165) is 52.1 Å². The zero-order valence-corrected chi connectivity index (χ0v) is 21.9. The third-order valence-corrected chi connectivity index (χ3v) is 12.7. The van der Waals surface area contributed by atoms with Crippen molar-refractivity contribution in [2.75, 3.05) is 54.9 Å². The van der Waals surface area contributed by atoms with Crippen LogP contribution < -0.4 is 0 Å². The Morgan fingerprint density at radius 1 is 0.600 bits per heavy atom. The van der Waals surface area contributed by atoms with Crippen molar-refractivity contribution < 1.29 is 18.9 Å². The van der Waals surface area contributed by atoms with Gasteiger partial charge in [0.25, 0.3) is 0 Å². The van der Waals surface area contributed by atoms with Crippen LogP contribution >= 0.6 is 47.0 Å². The lowest BCUT2D eigenvalue weighted by molar-refractivity contribution is 0.171. The van der Waals surface area contributed by atoms with Gasteiger partial charge in [-0.1, -0.05) is 0 Å². The second-order valence-corrected chi connectivity index (χ2v) is 13.7. The van der Waals surface area contributed by atoms with Gasteiger partial charge in [0.05, 0.1) is 8.16 Å². The number of methoxy groups -OCH3 is 4. The Morgan fingerprint density at radius 2 is 0.900 bits per heavy atom. The predicted octanol–water partition coefficient (Wildman–Crippen LogP) is 6.11. The van der Waals surface area contributed by atoms with Crippen molar-refractivity contribution in [2.24, 2.45) is 0 Å². The minimum absolute atomic E-state index is 0.0547. The fourth-order valence-electron chi connectivity index (χ4n) is 3.76. The summed E-state index contributed by atoms with van der Waals surface area (Å²) >= 11 is 7.94. The molecule has 1 aromatic rings. The second-order valence-electron chi connectivity index (χ2n) is 7.62. The van der Waals surface area contributed by atoms with E-state index in [2.05, 4.69) is 13.8 Å². The van der Waals surface area contributed by atoms with Crippen LogP contribution in [-0.2, 0) is 18.9 Å². The average molecular weight is 490 g/mol. The summed E-state index contributed by atoms with van der Waals surface area (Å²) in [6.45, 7) is 9.86. The van der Waals surface area contributed by atoms with Gasteiger partial charge < -0.3 is 18.9 Å². The third kappa shape index (κ3) is 5.16. The fourth-order valence-corrected chi connectivity index (χ4v) is 10.6. The van der Waals surface area contributed by atoms with Crippen molar-refractivity contribution in [2.45, 2.75) is 60.3 Å². The quantitative estimate of drug-likeness (QED) is 0.348. The maximum Gasteiger partial charge on any atom is 0.0749 e. The molecule has 1 radical (unpaired) electrons. The highest BCUT2D eigenvalue weighted by atomic mass is 32.2. The molecule has 0 aromatic heterocycles. The number of fused-ring (bicyclic) bond motifs is 2. The minimum Gasteiger partial charge on any atom is -0.385 e. The zero-order valence-electron chi connectivity index (χ0n) is 18.6. The molecule has 169 valence electrons. The van der Waals surface area contributed by atoms with E-state index in [4.69, 9.17) is 18.9 Å². The Balaban J connectivity index is 1.92. The van der Waals surface area contributed by atoms with Gasteiger partial charge in [-0.3, -0.25) is 0 Å². The Hall–Kier alpha value is 0.460. The molecule has 0 aliphatic carbocycles. The lowest BCUT2D eigenvalue weighted by Crippen LogP contribution is -2.22. The summed E-state index contributed by atoms with van der Waals surface area (Å²) in [5.41, 5.74) is 2.59. The fraction of sp³-hybridized carbons (Fsp3) is 0.682. The van der Waals surface area contributed by atoms with Crippen LogP contribution in [0.15, 0.2) is 19.6 Å². The Kier molecular flexibility index (Phi) is 9.25. The SMILES string of the molecule is [CH2]c1c2c(c(C)c3c1SC(CCOC)(CCOC)S3)SC(CCOC)(CCOC)S2. The van der Waals surface area contributed by atoms with Crippen molar-refractivity contribution in [3.63, 3.8) is 0 Å². The number of rotatable bonds is 12. The standard InChI is InChI=1S/C22H33O4S4/c1-15-17-19(29-21(27-17,7-11-23-3)8-12-24-4)16(2)20-18(15)28-22(30-20,9-13-25-5)10-14-26-6/h1,7-14H2,2-6H3. The molecule has 0 unspecified atom stereocenters. The average Bonchev–Trinajstić information content (AvgIpc) is 3.33. The van der Waals surface area contributed by atoms with Crippen LogP contribution in [0.2, 0.25) is 0 Å². The summed E-state index contributed by atoms with van der Waals surface area (Å²) in [5.74, 6) is 0. The van der Waals surface area contributed by atoms with E-state index in [1.807, 2.05) is 47.0 Å². The van der Waals surface area contributed by atoms with Gasteiger partial charge in [0, 0.05) is 74.4 Å². The van der Waals surface area contributed by atoms with Gasteiger partial charge in [0.2, 0.25) is 0 Å². The second kappa shape index (κ2) is 11.1. The van der Waals surface area contributed by atoms with Gasteiger partial charge in [-0.2, -0.15) is 0 Å². The first-order valence-corrected chi connectivity index (χ1v) is 13.5. The molecule has 0 atom stereocenters. The van der Waals surface area contributed by atoms with Crippen molar-refractivity contribution in [1.82, 2.24) is 0 Å². The van der Waals surface area contributed by atoms with Gasteiger partial charge in [-0.15, -0.1) is 47.0 Å². The maximum atomic E-state index is 5.44. The normalized spacial score (nSPS) is 18.6. The van der Waals surface area contributed by atoms with Crippen molar-refractivity contribution in [3.8, 4) is 0 Å². The summed E-state index contributed by atoms with van der Waals surface area (Å²) in [4.78, 5) is 5.51. The molecule has 2 aliphatic rings. The molecule has 0 bridgehead atoms. The number of ether oxygens (including phenoxy) is 4. The molecule has 4 nitrogen and oxygen atoms in total. The number of benzene rings is 1. The molecule has 0 amide bonds. The lowest BCUT2D eigenvalue weighted by Gasteiger charge is -2.27. The molecular formula is C22H33O4S4. The van der Waals surface area contributed by atoms with E-state index in [0.29, 0.717) is 0 Å². The van der Waals surface area contributed by atoms with Crippen LogP contribution in [0.4, 0.5) is 0 Å². The van der Waals surface area contributed by atoms with Gasteiger partial charge in [-0.25, -0.2) is 0 Å². The van der Waals surface area contributed by atoms with Crippen LogP contribution in [0, 0.1) is 13.8 Å². The van der Waals surface area contributed by atoms with Crippen LogP contribution in [0.1, 0.15) is 36.8 Å². The van der Waals surface area contributed by atoms with Crippen molar-refractivity contribution in [1.29, 1.82) is 0 Å². The molecule has 0 fully saturated rings. The molecule has 0 saturated heterocycles. The summed E-state index contributed by atoms with van der Waals surface area (Å²) < 4.78 is 21.9. The molecule has 8 heteroatoms. The van der Waals surface area contributed by atoms with Crippen LogP contribution in [0.5, 0.6) is 0 Å². The van der Waals surface area contributed by atoms with E-state index in [-0.39, 0.29) is 8.16 Å². The molecule has 0 saturated carbocycles. The van der Waals surface area contributed by atoms with E-state index < -0.39 is 0 Å². The van der Waals surface area contributed by atoms with Gasteiger partial charge >= 0.3 is 0 Å². The van der Waals surface area contributed by atoms with E-state index in [1.165, 1.54) is 30.7 Å². The molecule has 1 aromatic carbocycles. The molecule has 2 heterocycles. The number of thioether (sulfide) groups is 4. The summed E-state index contributed by atoms with van der Waals surface area (Å²) in [6.07, 6.45) is 3.97. The Bertz CT molecular complexity index is 622.